The number of nitrogens with one attached hydrogen (secondary N) is 1. The Labute approximate surface area is 200 Å². The normalized spacial score (nSPS) is 11.1. The fourth-order valence-electron chi connectivity index (χ4n) is 3.81. The van der Waals surface area contributed by atoms with Crippen LogP contribution in [0, 0.1) is 0 Å². The monoisotopic (exact) mass is 482 g/mol. The van der Waals surface area contributed by atoms with Crippen molar-refractivity contribution in [3.05, 3.63) is 59.1 Å². The van der Waals surface area contributed by atoms with Gasteiger partial charge < -0.3 is 26.6 Å². The number of halogens is 1. The number of hydrogen-bond acceptors (Lipinski definition) is 7. The Morgan fingerprint density at radius 1 is 1.15 bits per heavy atom. The van der Waals surface area contributed by atoms with Gasteiger partial charge in [0, 0.05) is 7.11 Å². The van der Waals surface area contributed by atoms with E-state index >= 15 is 0 Å². The number of carbonyl (C=O) groups is 1. The summed E-state index contributed by atoms with van der Waals surface area (Å²) in [6.45, 7) is 1.29. The molecule has 2 aromatic carbocycles. The molecule has 1 amide bonds. The minimum atomic E-state index is -0.514. The fraction of sp³-hybridized carbons (Fsp3) is 0.217. The molecule has 176 valence electrons. The molecule has 0 radical (unpaired) electrons. The lowest BCUT2D eigenvalue weighted by Crippen LogP contribution is -2.42. The average molecular weight is 483 g/mol. The minimum absolute atomic E-state index is 0.0359. The topological polar surface area (TPSA) is 145 Å². The van der Waals surface area contributed by atoms with E-state index in [0.717, 1.165) is 28.0 Å². The third kappa shape index (κ3) is 4.45. The van der Waals surface area contributed by atoms with Crippen molar-refractivity contribution in [3.8, 4) is 16.9 Å². The second kappa shape index (κ2) is 9.54. The zero-order valence-electron chi connectivity index (χ0n) is 18.7. The lowest BCUT2D eigenvalue weighted by atomic mass is 10.0. The van der Waals surface area contributed by atoms with E-state index in [9.17, 15) is 9.90 Å². The number of phenols is 1. The highest BCUT2D eigenvalue weighted by Gasteiger charge is 2.25. The molecule has 4 aromatic rings. The highest BCUT2D eigenvalue weighted by Crippen LogP contribution is 2.26. The zero-order chi connectivity index (χ0) is 24.4. The SMILES string of the molecule is COCC[n+]1c(CNC(=O)c2nc(Cl)c(N)nc2N)n(C)c2cc(-c3ccc(O)cc3)ccc21. The molecule has 10 nitrogen and oxygen atoms in total. The van der Waals surface area contributed by atoms with Crippen LogP contribution >= 0.6 is 11.6 Å². The third-order valence-electron chi connectivity index (χ3n) is 5.57. The second-order valence-electron chi connectivity index (χ2n) is 7.69. The number of ether oxygens (including phenoxy) is 1. The van der Waals surface area contributed by atoms with E-state index in [4.69, 9.17) is 27.8 Å². The molecule has 6 N–H and O–H groups in total. The van der Waals surface area contributed by atoms with Crippen LogP contribution in [0.15, 0.2) is 42.5 Å². The second-order valence-corrected chi connectivity index (χ2v) is 8.04. The van der Waals surface area contributed by atoms with Crippen LogP contribution in [0.3, 0.4) is 0 Å². The summed E-state index contributed by atoms with van der Waals surface area (Å²) in [7, 11) is 3.57. The van der Waals surface area contributed by atoms with Crippen LogP contribution in [-0.4, -0.2) is 39.3 Å². The van der Waals surface area contributed by atoms with Gasteiger partial charge in [0.05, 0.1) is 13.7 Å². The summed E-state index contributed by atoms with van der Waals surface area (Å²) < 4.78 is 9.40. The zero-order valence-corrected chi connectivity index (χ0v) is 19.5. The molecule has 0 unspecified atom stereocenters. The Morgan fingerprint density at radius 3 is 2.56 bits per heavy atom. The van der Waals surface area contributed by atoms with Crippen LogP contribution in [0.2, 0.25) is 5.15 Å². The molecule has 11 heteroatoms. The molecule has 0 saturated heterocycles. The number of nitrogens with zero attached hydrogens (tertiary/aromatic N) is 4. The molecule has 0 aliphatic carbocycles. The van der Waals surface area contributed by atoms with Crippen molar-refractivity contribution in [3.63, 3.8) is 0 Å². The number of amides is 1. The van der Waals surface area contributed by atoms with Crippen LogP contribution in [-0.2, 0) is 24.9 Å². The predicted octanol–water partition coefficient (Wildman–Crippen LogP) is 2.02. The quantitative estimate of drug-likeness (QED) is 0.295. The molecule has 0 bridgehead atoms. The largest absolute Gasteiger partial charge is 0.508 e. The van der Waals surface area contributed by atoms with Gasteiger partial charge in [-0.2, -0.15) is 0 Å². The van der Waals surface area contributed by atoms with Gasteiger partial charge >= 0.3 is 0 Å². The molecule has 34 heavy (non-hydrogen) atoms. The van der Waals surface area contributed by atoms with Crippen molar-refractivity contribution in [1.82, 2.24) is 19.9 Å². The van der Waals surface area contributed by atoms with E-state index in [2.05, 4.69) is 25.9 Å². The van der Waals surface area contributed by atoms with Gasteiger partial charge in [-0.05, 0) is 41.5 Å². The molecular formula is C23H25ClN7O3+. The Bertz CT molecular complexity index is 1370. The van der Waals surface area contributed by atoms with Gasteiger partial charge in [-0.3, -0.25) is 4.79 Å². The molecule has 0 aliphatic heterocycles. The Morgan fingerprint density at radius 2 is 1.85 bits per heavy atom. The van der Waals surface area contributed by atoms with Crippen molar-refractivity contribution in [2.45, 2.75) is 13.1 Å². The Kier molecular flexibility index (Phi) is 6.53. The first-order valence-corrected chi connectivity index (χ1v) is 10.8. The van der Waals surface area contributed by atoms with Gasteiger partial charge in [0.1, 0.15) is 18.8 Å². The minimum Gasteiger partial charge on any atom is -0.508 e. The molecule has 2 aromatic heterocycles. The first-order valence-electron chi connectivity index (χ1n) is 10.5. The van der Waals surface area contributed by atoms with E-state index in [1.165, 1.54) is 0 Å². The number of rotatable bonds is 7. The summed E-state index contributed by atoms with van der Waals surface area (Å²) in [5.41, 5.74) is 15.3. The fourth-order valence-corrected chi connectivity index (χ4v) is 3.94. The first-order chi connectivity index (χ1) is 16.3. The smallest absolute Gasteiger partial charge is 0.277 e. The first kappa shape index (κ1) is 23.3. The lowest BCUT2D eigenvalue weighted by molar-refractivity contribution is -0.681. The summed E-state index contributed by atoms with van der Waals surface area (Å²) in [4.78, 5) is 20.6. The molecule has 4 rings (SSSR count). The van der Waals surface area contributed by atoms with Gasteiger partial charge in [-0.1, -0.05) is 23.7 Å². The summed E-state index contributed by atoms with van der Waals surface area (Å²) in [5.74, 6) is 0.414. The number of nitrogens with two attached hydrogens (primary N) is 2. The number of aryl methyl sites for hydroxylation is 1. The van der Waals surface area contributed by atoms with Crippen LogP contribution in [0.25, 0.3) is 22.2 Å². The maximum atomic E-state index is 12.8. The van der Waals surface area contributed by atoms with Crippen molar-refractivity contribution in [1.29, 1.82) is 0 Å². The van der Waals surface area contributed by atoms with E-state index < -0.39 is 5.91 Å². The van der Waals surface area contributed by atoms with Crippen LogP contribution in [0.1, 0.15) is 16.3 Å². The van der Waals surface area contributed by atoms with Crippen LogP contribution < -0.4 is 21.4 Å². The maximum absolute atomic E-state index is 12.8. The number of aromatic nitrogens is 4. The van der Waals surface area contributed by atoms with E-state index in [0.29, 0.717) is 13.2 Å². The van der Waals surface area contributed by atoms with Crippen molar-refractivity contribution >= 4 is 40.2 Å². The number of carbonyl (C=O) groups excluding carboxylic acids is 1. The summed E-state index contributed by atoms with van der Waals surface area (Å²) in [6, 6.07) is 13.2. The lowest BCUT2D eigenvalue weighted by Gasteiger charge is -2.08. The molecular weight excluding hydrogens is 458 g/mol. The number of imidazole rings is 1. The maximum Gasteiger partial charge on any atom is 0.277 e. The highest BCUT2D eigenvalue weighted by molar-refractivity contribution is 6.31. The van der Waals surface area contributed by atoms with Gasteiger partial charge in [0.15, 0.2) is 33.5 Å². The Hall–Kier alpha value is -3.89. The number of methoxy groups -OCH3 is 1. The van der Waals surface area contributed by atoms with Gasteiger partial charge in [-0.25, -0.2) is 19.1 Å². The summed E-state index contributed by atoms with van der Waals surface area (Å²) >= 11 is 5.91. The third-order valence-corrected chi connectivity index (χ3v) is 5.85. The van der Waals surface area contributed by atoms with Gasteiger partial charge in [0.2, 0.25) is 0 Å². The number of phenolic OH excluding ortho intramolecular Hbond substituents is 1. The molecule has 0 atom stereocenters. The van der Waals surface area contributed by atoms with Crippen LogP contribution in [0.5, 0.6) is 5.75 Å². The molecule has 0 spiro atoms. The van der Waals surface area contributed by atoms with Crippen molar-refractivity contribution in [2.24, 2.45) is 7.05 Å². The standard InChI is InChI=1S/C23H24ClN7O3/c1-30-17-11-14(13-3-6-15(32)7-4-13)5-8-16(17)31(9-10-34-2)18(30)12-27-23(33)19-21(25)29-22(26)20(24)28-19/h3-8,11H,9-10,12H2,1-2H3,(H5-,25,26,27,29,32,33)/p+1. The van der Waals surface area contributed by atoms with E-state index in [-0.39, 0.29) is 34.8 Å². The van der Waals surface area contributed by atoms with Crippen molar-refractivity contribution < 1.29 is 19.2 Å². The Balaban J connectivity index is 1.69. The number of hydrogen-bond donors (Lipinski definition) is 4. The predicted molar refractivity (Wildman–Crippen MR) is 129 cm³/mol. The summed E-state index contributed by atoms with van der Waals surface area (Å²) in [6.07, 6.45) is 0. The molecule has 0 aliphatic rings. The molecule has 0 fully saturated rings. The number of nitrogen functional groups attached to an aromatic ring is 2. The van der Waals surface area contributed by atoms with Gasteiger partial charge in [-0.15, -0.1) is 0 Å². The number of fused-ring (bicyclic) bond motifs is 1. The van der Waals surface area contributed by atoms with Crippen LogP contribution in [0.4, 0.5) is 11.6 Å². The number of anilines is 2. The van der Waals surface area contributed by atoms with Gasteiger partial charge in [0.25, 0.3) is 11.7 Å². The molecule has 2 heterocycles. The number of aromatic hydroxyl groups is 1. The molecule has 0 saturated carbocycles. The highest BCUT2D eigenvalue weighted by atomic mass is 35.5. The average Bonchev–Trinajstić information content (AvgIpc) is 3.09. The summed E-state index contributed by atoms with van der Waals surface area (Å²) in [5, 5.41) is 12.4. The van der Waals surface area contributed by atoms with E-state index in [1.54, 1.807) is 19.2 Å². The number of benzene rings is 2. The van der Waals surface area contributed by atoms with Crippen molar-refractivity contribution in [2.75, 3.05) is 25.2 Å². The van der Waals surface area contributed by atoms with E-state index in [1.807, 2.05) is 35.9 Å².